The lowest BCUT2D eigenvalue weighted by molar-refractivity contribution is -0.139. The first-order chi connectivity index (χ1) is 8.43. The minimum Gasteiger partial charge on any atom is -0.480 e. The molecular formula is C12H11ClN2O3. The molecule has 0 aliphatic rings. The van der Waals surface area contributed by atoms with Crippen molar-refractivity contribution in [1.82, 2.24) is 10.3 Å². The minimum absolute atomic E-state index is 0.0845. The summed E-state index contributed by atoms with van der Waals surface area (Å²) in [5.74, 6) is 0.462. The Hall–Kier alpha value is -2.06. The summed E-state index contributed by atoms with van der Waals surface area (Å²) in [5, 5.41) is 11.4. The molecule has 1 heterocycles. The molecule has 0 radical (unpaired) electrons. The molecule has 1 aromatic heterocycles. The molecule has 1 amide bonds. The third kappa shape index (κ3) is 3.75. The van der Waals surface area contributed by atoms with E-state index in [9.17, 15) is 9.59 Å². The van der Waals surface area contributed by atoms with Crippen molar-refractivity contribution in [3.63, 3.8) is 0 Å². The first-order valence-corrected chi connectivity index (χ1v) is 5.43. The molecule has 0 aromatic carbocycles. The van der Waals surface area contributed by atoms with E-state index in [4.69, 9.17) is 23.1 Å². The lowest BCUT2D eigenvalue weighted by Gasteiger charge is -2.12. The average Bonchev–Trinajstić information content (AvgIpc) is 2.26. The van der Waals surface area contributed by atoms with Crippen LogP contribution in [0, 0.1) is 19.3 Å². The first kappa shape index (κ1) is 14.0. The number of carboxylic acid groups (broad SMARTS) is 1. The second-order valence-electron chi connectivity index (χ2n) is 3.59. The van der Waals surface area contributed by atoms with Crippen LogP contribution >= 0.6 is 11.6 Å². The van der Waals surface area contributed by atoms with Gasteiger partial charge in [0.1, 0.15) is 11.2 Å². The number of carboxylic acids is 1. The third-order valence-electron chi connectivity index (χ3n) is 2.11. The van der Waals surface area contributed by atoms with Gasteiger partial charge in [0.15, 0.2) is 0 Å². The summed E-state index contributed by atoms with van der Waals surface area (Å²) < 4.78 is 0. The zero-order valence-electron chi connectivity index (χ0n) is 9.61. The van der Waals surface area contributed by atoms with Crippen LogP contribution in [0.15, 0.2) is 12.1 Å². The Morgan fingerprint density at radius 1 is 1.61 bits per heavy atom. The summed E-state index contributed by atoms with van der Waals surface area (Å²) in [6.07, 6.45) is 4.95. The number of amides is 1. The molecular weight excluding hydrogens is 256 g/mol. The van der Waals surface area contributed by atoms with E-state index in [-0.39, 0.29) is 17.1 Å². The van der Waals surface area contributed by atoms with E-state index < -0.39 is 17.9 Å². The maximum atomic E-state index is 11.8. The molecule has 1 atom stereocenters. The minimum atomic E-state index is -1.18. The molecule has 0 spiro atoms. The number of aryl methyl sites for hydroxylation is 1. The second-order valence-corrected chi connectivity index (χ2v) is 3.98. The van der Waals surface area contributed by atoms with Crippen molar-refractivity contribution in [1.29, 1.82) is 0 Å². The number of aliphatic carboxylic acids is 1. The maximum Gasteiger partial charge on any atom is 0.327 e. The largest absolute Gasteiger partial charge is 0.480 e. The zero-order valence-corrected chi connectivity index (χ0v) is 10.4. The number of nitrogens with one attached hydrogen (secondary N) is 1. The highest BCUT2D eigenvalue weighted by Gasteiger charge is 2.19. The molecule has 6 heteroatoms. The molecule has 18 heavy (non-hydrogen) atoms. The average molecular weight is 267 g/mol. The lowest BCUT2D eigenvalue weighted by atomic mass is 10.1. The number of hydrogen-bond donors (Lipinski definition) is 2. The van der Waals surface area contributed by atoms with Crippen molar-refractivity contribution in [2.75, 3.05) is 0 Å². The third-order valence-corrected chi connectivity index (χ3v) is 2.30. The quantitative estimate of drug-likeness (QED) is 0.635. The summed E-state index contributed by atoms with van der Waals surface area (Å²) in [4.78, 5) is 26.6. The molecule has 2 N–H and O–H groups in total. The molecule has 0 aliphatic carbocycles. The molecule has 0 bridgehead atoms. The number of carbonyl (C=O) groups is 2. The predicted molar refractivity (Wildman–Crippen MR) is 66.3 cm³/mol. The predicted octanol–water partition coefficient (Wildman–Crippen LogP) is 1.25. The zero-order chi connectivity index (χ0) is 13.7. The van der Waals surface area contributed by atoms with Crippen molar-refractivity contribution in [3.05, 3.63) is 28.5 Å². The van der Waals surface area contributed by atoms with E-state index in [1.54, 1.807) is 6.92 Å². The summed E-state index contributed by atoms with van der Waals surface area (Å²) in [6.45, 7) is 1.68. The van der Waals surface area contributed by atoms with Crippen molar-refractivity contribution in [3.8, 4) is 12.3 Å². The fraction of sp³-hybridized carbons (Fsp3) is 0.250. The number of halogens is 1. The molecule has 0 saturated carbocycles. The van der Waals surface area contributed by atoms with Crippen LogP contribution in [0.1, 0.15) is 22.5 Å². The molecule has 1 aromatic rings. The van der Waals surface area contributed by atoms with Crippen molar-refractivity contribution < 1.29 is 14.7 Å². The van der Waals surface area contributed by atoms with Crippen LogP contribution in [0.4, 0.5) is 0 Å². The maximum absolute atomic E-state index is 11.8. The van der Waals surface area contributed by atoms with E-state index in [1.807, 2.05) is 0 Å². The van der Waals surface area contributed by atoms with Gasteiger partial charge in [-0.25, -0.2) is 9.78 Å². The summed E-state index contributed by atoms with van der Waals surface area (Å²) in [7, 11) is 0. The van der Waals surface area contributed by atoms with Gasteiger partial charge in [-0.15, -0.1) is 12.3 Å². The number of hydrogen-bond acceptors (Lipinski definition) is 3. The van der Waals surface area contributed by atoms with E-state index >= 15 is 0 Å². The van der Waals surface area contributed by atoms with Gasteiger partial charge >= 0.3 is 5.97 Å². The van der Waals surface area contributed by atoms with Gasteiger partial charge in [-0.1, -0.05) is 11.6 Å². The van der Waals surface area contributed by atoms with Crippen LogP contribution in [0.3, 0.4) is 0 Å². The van der Waals surface area contributed by atoms with Crippen LogP contribution in [0.2, 0.25) is 5.15 Å². The fourth-order valence-corrected chi connectivity index (χ4v) is 1.57. The highest BCUT2D eigenvalue weighted by atomic mass is 35.5. The summed E-state index contributed by atoms with van der Waals surface area (Å²) >= 11 is 5.71. The Morgan fingerprint density at radius 2 is 2.28 bits per heavy atom. The first-order valence-electron chi connectivity index (χ1n) is 5.05. The fourth-order valence-electron chi connectivity index (χ4n) is 1.32. The number of terminal acetylenes is 1. The van der Waals surface area contributed by atoms with Gasteiger partial charge in [-0.2, -0.15) is 0 Å². The molecule has 0 aliphatic heterocycles. The number of rotatable bonds is 4. The van der Waals surface area contributed by atoms with Crippen LogP contribution in [0.25, 0.3) is 0 Å². The molecule has 0 fully saturated rings. The molecule has 1 rings (SSSR count). The number of nitrogens with zero attached hydrogens (tertiary/aromatic N) is 1. The van der Waals surface area contributed by atoms with Gasteiger partial charge in [-0.05, 0) is 19.1 Å². The molecule has 0 saturated heterocycles. The van der Waals surface area contributed by atoms with Crippen LogP contribution in [0.5, 0.6) is 0 Å². The SMILES string of the molecule is C#CCC(NC(=O)c1cc(C)nc(Cl)c1)C(=O)O. The van der Waals surface area contributed by atoms with E-state index in [0.717, 1.165) is 0 Å². The Morgan fingerprint density at radius 3 is 2.78 bits per heavy atom. The topological polar surface area (TPSA) is 79.3 Å². The molecule has 5 nitrogen and oxygen atoms in total. The highest BCUT2D eigenvalue weighted by molar-refractivity contribution is 6.29. The number of aromatic nitrogens is 1. The molecule has 94 valence electrons. The van der Waals surface area contributed by atoms with Crippen molar-refractivity contribution in [2.45, 2.75) is 19.4 Å². The Balaban J connectivity index is 2.87. The smallest absolute Gasteiger partial charge is 0.327 e. The van der Waals surface area contributed by atoms with Crippen molar-refractivity contribution in [2.24, 2.45) is 0 Å². The number of carbonyl (C=O) groups excluding carboxylic acids is 1. The van der Waals surface area contributed by atoms with Gasteiger partial charge in [0.25, 0.3) is 5.91 Å². The van der Waals surface area contributed by atoms with E-state index in [1.165, 1.54) is 12.1 Å². The highest BCUT2D eigenvalue weighted by Crippen LogP contribution is 2.10. The molecule has 1 unspecified atom stereocenters. The monoisotopic (exact) mass is 266 g/mol. The van der Waals surface area contributed by atoms with Crippen LogP contribution in [-0.4, -0.2) is 28.0 Å². The lowest BCUT2D eigenvalue weighted by Crippen LogP contribution is -2.40. The van der Waals surface area contributed by atoms with E-state index in [2.05, 4.69) is 16.2 Å². The van der Waals surface area contributed by atoms with E-state index in [0.29, 0.717) is 5.69 Å². The second kappa shape index (κ2) is 6.03. The van der Waals surface area contributed by atoms with Gasteiger partial charge in [-0.3, -0.25) is 4.79 Å². The van der Waals surface area contributed by atoms with Gasteiger partial charge in [0, 0.05) is 17.7 Å². The van der Waals surface area contributed by atoms with Gasteiger partial charge in [0.05, 0.1) is 0 Å². The Bertz CT molecular complexity index is 502. The number of pyridine rings is 1. The normalized spacial score (nSPS) is 11.4. The van der Waals surface area contributed by atoms with Gasteiger partial charge < -0.3 is 10.4 Å². The Kier molecular flexibility index (Phi) is 4.69. The van der Waals surface area contributed by atoms with Crippen LogP contribution < -0.4 is 5.32 Å². The van der Waals surface area contributed by atoms with Crippen LogP contribution in [-0.2, 0) is 4.79 Å². The standard InChI is InChI=1S/C12H11ClN2O3/c1-3-4-9(12(17)18)15-11(16)8-5-7(2)14-10(13)6-8/h1,5-6,9H,4H2,2H3,(H,15,16)(H,17,18). The summed E-state index contributed by atoms with van der Waals surface area (Å²) in [5.41, 5.74) is 0.812. The Labute approximate surface area is 109 Å². The summed E-state index contributed by atoms with van der Waals surface area (Å²) in [6, 6.07) is 1.75. The van der Waals surface area contributed by atoms with Crippen molar-refractivity contribution >= 4 is 23.5 Å². The van der Waals surface area contributed by atoms with Gasteiger partial charge in [0.2, 0.25) is 0 Å².